The van der Waals surface area contributed by atoms with Gasteiger partial charge in [-0.05, 0) is 31.2 Å². The molecule has 0 amide bonds. The zero-order valence-electron chi connectivity index (χ0n) is 15.2. The maximum atomic E-state index is 12.1. The SMILES string of the molecule is COc1cc(-c2cc(C)[nH]c(=O)c2C#N)c(Br)cc1OCc1ccccc1Cl. The molecule has 1 N–H and O–H groups in total. The summed E-state index contributed by atoms with van der Waals surface area (Å²) in [5, 5.41) is 10.0. The fourth-order valence-electron chi connectivity index (χ4n) is 2.80. The molecule has 28 heavy (non-hydrogen) atoms. The lowest BCUT2D eigenvalue weighted by Crippen LogP contribution is -2.13. The van der Waals surface area contributed by atoms with Gasteiger partial charge in [0.25, 0.3) is 5.56 Å². The normalized spacial score (nSPS) is 10.4. The average Bonchev–Trinajstić information content (AvgIpc) is 2.67. The third-order valence-corrected chi connectivity index (χ3v) is 5.19. The number of hydrogen-bond donors (Lipinski definition) is 1. The molecule has 0 bridgehead atoms. The van der Waals surface area contributed by atoms with E-state index in [9.17, 15) is 10.1 Å². The van der Waals surface area contributed by atoms with Crippen LogP contribution < -0.4 is 15.0 Å². The number of H-pyrrole nitrogens is 1. The number of nitriles is 1. The van der Waals surface area contributed by atoms with E-state index in [0.717, 1.165) is 5.56 Å². The number of pyridine rings is 1. The monoisotopic (exact) mass is 458 g/mol. The third kappa shape index (κ3) is 4.06. The summed E-state index contributed by atoms with van der Waals surface area (Å²) in [6.07, 6.45) is 0. The molecule has 0 aliphatic heterocycles. The van der Waals surface area contributed by atoms with Gasteiger partial charge in [-0.2, -0.15) is 5.26 Å². The van der Waals surface area contributed by atoms with Crippen molar-refractivity contribution in [1.82, 2.24) is 4.98 Å². The van der Waals surface area contributed by atoms with E-state index >= 15 is 0 Å². The molecule has 142 valence electrons. The van der Waals surface area contributed by atoms with Gasteiger partial charge in [0.15, 0.2) is 11.5 Å². The van der Waals surface area contributed by atoms with Crippen LogP contribution in [0.25, 0.3) is 11.1 Å². The van der Waals surface area contributed by atoms with Gasteiger partial charge in [0.2, 0.25) is 0 Å². The van der Waals surface area contributed by atoms with Crippen molar-refractivity contribution in [2.75, 3.05) is 7.11 Å². The number of aromatic nitrogens is 1. The lowest BCUT2D eigenvalue weighted by atomic mass is 10.0. The fourth-order valence-corrected chi connectivity index (χ4v) is 3.52. The highest BCUT2D eigenvalue weighted by Gasteiger charge is 2.17. The van der Waals surface area contributed by atoms with Crippen molar-refractivity contribution in [2.24, 2.45) is 0 Å². The van der Waals surface area contributed by atoms with E-state index < -0.39 is 5.56 Å². The predicted octanol–water partition coefficient (Wildman–Crippen LogP) is 5.23. The summed E-state index contributed by atoms with van der Waals surface area (Å²) >= 11 is 9.70. The van der Waals surface area contributed by atoms with Gasteiger partial charge in [0.05, 0.1) is 7.11 Å². The van der Waals surface area contributed by atoms with Crippen molar-refractivity contribution >= 4 is 27.5 Å². The average molecular weight is 460 g/mol. The molecule has 1 heterocycles. The largest absolute Gasteiger partial charge is 0.493 e. The van der Waals surface area contributed by atoms with Crippen LogP contribution in [0.2, 0.25) is 5.02 Å². The van der Waals surface area contributed by atoms with Crippen LogP contribution >= 0.6 is 27.5 Å². The smallest absolute Gasteiger partial charge is 0.266 e. The summed E-state index contributed by atoms with van der Waals surface area (Å²) in [6.45, 7) is 2.04. The van der Waals surface area contributed by atoms with Gasteiger partial charge < -0.3 is 14.5 Å². The molecule has 0 aliphatic carbocycles. The molecule has 3 rings (SSSR count). The number of methoxy groups -OCH3 is 1. The number of aryl methyl sites for hydroxylation is 1. The van der Waals surface area contributed by atoms with Gasteiger partial charge in [-0.3, -0.25) is 4.79 Å². The molecule has 0 saturated carbocycles. The Kier molecular flexibility index (Phi) is 6.08. The second-order valence-electron chi connectivity index (χ2n) is 6.04. The molecule has 0 unspecified atom stereocenters. The Morgan fingerprint density at radius 3 is 2.61 bits per heavy atom. The van der Waals surface area contributed by atoms with E-state index in [1.807, 2.05) is 24.3 Å². The number of nitrogens with one attached hydrogen (secondary N) is 1. The first-order chi connectivity index (χ1) is 13.4. The summed E-state index contributed by atoms with van der Waals surface area (Å²) in [6, 6.07) is 14.6. The van der Waals surface area contributed by atoms with Crippen molar-refractivity contribution in [2.45, 2.75) is 13.5 Å². The van der Waals surface area contributed by atoms with E-state index in [1.54, 1.807) is 31.2 Å². The summed E-state index contributed by atoms with van der Waals surface area (Å²) in [7, 11) is 1.53. The third-order valence-electron chi connectivity index (χ3n) is 4.16. The van der Waals surface area contributed by atoms with E-state index in [-0.39, 0.29) is 12.2 Å². The first kappa shape index (κ1) is 20.0. The van der Waals surface area contributed by atoms with Crippen LogP contribution in [-0.2, 0) is 6.61 Å². The lowest BCUT2D eigenvalue weighted by molar-refractivity contribution is 0.284. The Morgan fingerprint density at radius 1 is 1.18 bits per heavy atom. The van der Waals surface area contributed by atoms with E-state index in [0.29, 0.717) is 37.8 Å². The minimum Gasteiger partial charge on any atom is -0.493 e. The molecule has 0 atom stereocenters. The van der Waals surface area contributed by atoms with Crippen LogP contribution in [0.4, 0.5) is 0 Å². The number of halogens is 2. The topological polar surface area (TPSA) is 75.1 Å². The maximum absolute atomic E-state index is 12.1. The number of ether oxygens (including phenoxy) is 2. The van der Waals surface area contributed by atoms with Gasteiger partial charge in [-0.1, -0.05) is 45.7 Å². The van der Waals surface area contributed by atoms with Crippen LogP contribution in [0.1, 0.15) is 16.8 Å². The van der Waals surface area contributed by atoms with E-state index in [2.05, 4.69) is 20.9 Å². The minimum absolute atomic E-state index is 0.0399. The summed E-state index contributed by atoms with van der Waals surface area (Å²) in [4.78, 5) is 14.8. The van der Waals surface area contributed by atoms with Crippen molar-refractivity contribution in [1.29, 1.82) is 5.26 Å². The number of rotatable bonds is 5. The summed E-state index contributed by atoms with van der Waals surface area (Å²) in [5.74, 6) is 0.991. The molecule has 0 saturated heterocycles. The van der Waals surface area contributed by atoms with Crippen LogP contribution in [0.15, 0.2) is 51.7 Å². The zero-order chi connectivity index (χ0) is 20.3. The second-order valence-corrected chi connectivity index (χ2v) is 7.31. The van der Waals surface area contributed by atoms with Crippen LogP contribution in [0.5, 0.6) is 11.5 Å². The van der Waals surface area contributed by atoms with Crippen molar-refractivity contribution in [3.8, 4) is 28.7 Å². The highest BCUT2D eigenvalue weighted by Crippen LogP contribution is 2.39. The highest BCUT2D eigenvalue weighted by molar-refractivity contribution is 9.10. The molecule has 3 aromatic rings. The predicted molar refractivity (Wildman–Crippen MR) is 112 cm³/mol. The molecule has 0 spiro atoms. The first-order valence-corrected chi connectivity index (χ1v) is 9.49. The van der Waals surface area contributed by atoms with E-state index in [4.69, 9.17) is 21.1 Å². The summed E-state index contributed by atoms with van der Waals surface area (Å²) in [5.41, 5.74) is 2.30. The maximum Gasteiger partial charge on any atom is 0.266 e. The standard InChI is InChI=1S/C21H16BrClN2O3/c1-12-7-14(16(10-24)21(26)25-12)15-8-19(27-2)20(9-17(15)22)28-11-13-5-3-4-6-18(13)23/h3-9H,11H2,1-2H3,(H,25,26). The van der Waals surface area contributed by atoms with Crippen molar-refractivity contribution in [3.63, 3.8) is 0 Å². The number of hydrogen-bond acceptors (Lipinski definition) is 4. The molecule has 1 aromatic heterocycles. The summed E-state index contributed by atoms with van der Waals surface area (Å²) < 4.78 is 12.0. The number of nitrogens with zero attached hydrogens (tertiary/aromatic N) is 1. The first-order valence-electron chi connectivity index (χ1n) is 8.32. The molecule has 7 heteroatoms. The van der Waals surface area contributed by atoms with Crippen molar-refractivity contribution in [3.05, 3.63) is 79.1 Å². The molecule has 2 aromatic carbocycles. The molecule has 0 fully saturated rings. The van der Waals surface area contributed by atoms with Crippen molar-refractivity contribution < 1.29 is 9.47 Å². The highest BCUT2D eigenvalue weighted by atomic mass is 79.9. The fraction of sp³-hybridized carbons (Fsp3) is 0.143. The molecule has 0 radical (unpaired) electrons. The lowest BCUT2D eigenvalue weighted by Gasteiger charge is -2.15. The van der Waals surface area contributed by atoms with Crippen LogP contribution in [0.3, 0.4) is 0 Å². The van der Waals surface area contributed by atoms with Gasteiger partial charge in [-0.15, -0.1) is 0 Å². The van der Waals surface area contributed by atoms with Crippen LogP contribution in [0, 0.1) is 18.3 Å². The Labute approximate surface area is 175 Å². The van der Waals surface area contributed by atoms with Gasteiger partial charge in [0, 0.05) is 31.9 Å². The van der Waals surface area contributed by atoms with Gasteiger partial charge in [0.1, 0.15) is 18.2 Å². The van der Waals surface area contributed by atoms with E-state index in [1.165, 1.54) is 7.11 Å². The van der Waals surface area contributed by atoms with Gasteiger partial charge in [-0.25, -0.2) is 0 Å². The quantitative estimate of drug-likeness (QED) is 0.567. The Morgan fingerprint density at radius 2 is 1.93 bits per heavy atom. The molecule has 5 nitrogen and oxygen atoms in total. The Bertz CT molecular complexity index is 1140. The second kappa shape index (κ2) is 8.51. The Hall–Kier alpha value is -2.75. The molecular formula is C21H16BrClN2O3. The number of aromatic amines is 1. The molecular weight excluding hydrogens is 444 g/mol. The number of benzene rings is 2. The van der Waals surface area contributed by atoms with Gasteiger partial charge >= 0.3 is 0 Å². The van der Waals surface area contributed by atoms with Crippen LogP contribution in [-0.4, -0.2) is 12.1 Å². The zero-order valence-corrected chi connectivity index (χ0v) is 17.5. The Balaban J connectivity index is 2.03. The molecule has 0 aliphatic rings. The minimum atomic E-state index is -0.428.